The van der Waals surface area contributed by atoms with Gasteiger partial charge in [0.2, 0.25) is 0 Å². The molecule has 0 radical (unpaired) electrons. The largest absolute Gasteiger partial charge is 0.272 e. The Morgan fingerprint density at radius 2 is 1.96 bits per heavy atom. The van der Waals surface area contributed by atoms with E-state index in [0.717, 1.165) is 6.07 Å². The molecule has 0 atom stereocenters. The number of aromatic amines is 1. The minimum Gasteiger partial charge on any atom is -0.267 e. The summed E-state index contributed by atoms with van der Waals surface area (Å²) in [6.45, 7) is 0. The SMILES string of the molecule is Cn1ncnc1Cc1n[nH]c(=O)c2cc(F)cc(N=Cc3ccc(F)cc3)c12. The number of fused-ring (bicyclic) bond motifs is 1. The van der Waals surface area contributed by atoms with Crippen LogP contribution in [0.15, 0.2) is 52.5 Å². The second-order valence-corrected chi connectivity index (χ2v) is 6.13. The second-order valence-electron chi connectivity index (χ2n) is 6.13. The van der Waals surface area contributed by atoms with E-state index in [0.29, 0.717) is 22.5 Å². The Hall–Kier alpha value is -3.75. The lowest BCUT2D eigenvalue weighted by atomic mass is 10.1. The van der Waals surface area contributed by atoms with Gasteiger partial charge in [-0.2, -0.15) is 10.2 Å². The van der Waals surface area contributed by atoms with Crippen molar-refractivity contribution in [1.29, 1.82) is 0 Å². The van der Waals surface area contributed by atoms with Gasteiger partial charge < -0.3 is 0 Å². The molecule has 2 aromatic heterocycles. The van der Waals surface area contributed by atoms with Crippen molar-refractivity contribution in [3.05, 3.63) is 81.8 Å². The van der Waals surface area contributed by atoms with E-state index in [-0.39, 0.29) is 23.3 Å². The van der Waals surface area contributed by atoms with Gasteiger partial charge in [-0.15, -0.1) is 0 Å². The van der Waals surface area contributed by atoms with Crippen LogP contribution in [-0.2, 0) is 13.5 Å². The number of hydrogen-bond acceptors (Lipinski definition) is 5. The number of benzene rings is 2. The third-order valence-electron chi connectivity index (χ3n) is 4.26. The summed E-state index contributed by atoms with van der Waals surface area (Å²) >= 11 is 0. The molecule has 0 spiro atoms. The molecule has 140 valence electrons. The van der Waals surface area contributed by atoms with Crippen molar-refractivity contribution in [3.8, 4) is 0 Å². The quantitative estimate of drug-likeness (QED) is 0.551. The maximum Gasteiger partial charge on any atom is 0.272 e. The normalized spacial score (nSPS) is 11.5. The highest BCUT2D eigenvalue weighted by atomic mass is 19.1. The van der Waals surface area contributed by atoms with Crippen LogP contribution in [0, 0.1) is 11.6 Å². The van der Waals surface area contributed by atoms with Crippen LogP contribution in [0.3, 0.4) is 0 Å². The van der Waals surface area contributed by atoms with Crippen molar-refractivity contribution in [2.75, 3.05) is 0 Å². The second kappa shape index (κ2) is 7.10. The van der Waals surface area contributed by atoms with Gasteiger partial charge in [-0.3, -0.25) is 14.5 Å². The van der Waals surface area contributed by atoms with Gasteiger partial charge in [0.15, 0.2) is 0 Å². The Kier molecular flexibility index (Phi) is 4.48. The number of H-pyrrole nitrogens is 1. The maximum absolute atomic E-state index is 14.1. The molecule has 7 nitrogen and oxygen atoms in total. The standard InChI is InChI=1S/C19H14F2N6O/c1-27-17(23-10-24-27)8-16-18-14(19(28)26-25-16)6-13(21)7-15(18)22-9-11-2-4-12(20)5-3-11/h2-7,9-10H,8H2,1H3,(H,26,28). The summed E-state index contributed by atoms with van der Waals surface area (Å²) in [4.78, 5) is 20.7. The molecule has 0 aliphatic carbocycles. The Labute approximate surface area is 157 Å². The molecule has 0 fully saturated rings. The molecule has 0 amide bonds. The molecule has 2 aromatic carbocycles. The van der Waals surface area contributed by atoms with Gasteiger partial charge in [-0.1, -0.05) is 12.1 Å². The predicted octanol–water partition coefficient (Wildman–Crippen LogP) is 2.67. The minimum atomic E-state index is -0.597. The van der Waals surface area contributed by atoms with Crippen LogP contribution in [-0.4, -0.2) is 31.2 Å². The Morgan fingerprint density at radius 1 is 1.18 bits per heavy atom. The number of aryl methyl sites for hydroxylation is 1. The number of rotatable bonds is 4. The number of halogens is 2. The first-order chi connectivity index (χ1) is 13.5. The highest BCUT2D eigenvalue weighted by Gasteiger charge is 2.15. The van der Waals surface area contributed by atoms with Gasteiger partial charge in [-0.05, 0) is 23.8 Å². The first kappa shape index (κ1) is 17.7. The number of nitrogens with one attached hydrogen (secondary N) is 1. The van der Waals surface area contributed by atoms with E-state index in [1.54, 1.807) is 23.9 Å². The van der Waals surface area contributed by atoms with Crippen molar-refractivity contribution in [2.24, 2.45) is 12.0 Å². The molecule has 0 bridgehead atoms. The van der Waals surface area contributed by atoms with Gasteiger partial charge in [0.1, 0.15) is 23.8 Å². The van der Waals surface area contributed by atoms with E-state index in [1.807, 2.05) is 0 Å². The summed E-state index contributed by atoms with van der Waals surface area (Å²) < 4.78 is 28.8. The molecule has 1 N–H and O–H groups in total. The number of aliphatic imine (C=N–C) groups is 1. The van der Waals surface area contributed by atoms with Gasteiger partial charge in [0.25, 0.3) is 5.56 Å². The molecule has 4 aromatic rings. The molecule has 0 aliphatic heterocycles. The molecule has 0 aliphatic rings. The Bertz CT molecular complexity index is 1240. The summed E-state index contributed by atoms with van der Waals surface area (Å²) in [5, 5.41) is 11.1. The summed E-state index contributed by atoms with van der Waals surface area (Å²) in [6.07, 6.45) is 3.16. The average Bonchev–Trinajstić information content (AvgIpc) is 3.08. The highest BCUT2D eigenvalue weighted by molar-refractivity contribution is 5.96. The van der Waals surface area contributed by atoms with Crippen molar-refractivity contribution in [3.63, 3.8) is 0 Å². The molecular formula is C19H14F2N6O. The number of hydrogen-bond donors (Lipinski definition) is 1. The minimum absolute atomic E-state index is 0.137. The van der Waals surface area contributed by atoms with Crippen molar-refractivity contribution in [2.45, 2.75) is 6.42 Å². The molecule has 0 saturated carbocycles. The Balaban J connectivity index is 1.87. The van der Waals surface area contributed by atoms with Crippen LogP contribution >= 0.6 is 0 Å². The maximum atomic E-state index is 14.1. The van der Waals surface area contributed by atoms with E-state index >= 15 is 0 Å². The molecule has 28 heavy (non-hydrogen) atoms. The summed E-state index contributed by atoms with van der Waals surface area (Å²) in [5.41, 5.74) is 0.841. The fourth-order valence-corrected chi connectivity index (χ4v) is 2.86. The van der Waals surface area contributed by atoms with Gasteiger partial charge in [0.05, 0.1) is 23.2 Å². The van der Waals surface area contributed by atoms with Crippen LogP contribution in [0.1, 0.15) is 17.1 Å². The molecule has 0 unspecified atom stereocenters. The first-order valence-electron chi connectivity index (χ1n) is 8.34. The monoisotopic (exact) mass is 380 g/mol. The summed E-state index contributed by atoms with van der Waals surface area (Å²) in [7, 11) is 1.74. The zero-order chi connectivity index (χ0) is 19.7. The lowest BCUT2D eigenvalue weighted by Gasteiger charge is -2.08. The van der Waals surface area contributed by atoms with Crippen LogP contribution in [0.2, 0.25) is 0 Å². The smallest absolute Gasteiger partial charge is 0.267 e. The van der Waals surface area contributed by atoms with Crippen LogP contribution in [0.5, 0.6) is 0 Å². The van der Waals surface area contributed by atoms with Crippen LogP contribution in [0.4, 0.5) is 14.5 Å². The van der Waals surface area contributed by atoms with Gasteiger partial charge >= 0.3 is 0 Å². The zero-order valence-electron chi connectivity index (χ0n) is 14.7. The fourth-order valence-electron chi connectivity index (χ4n) is 2.86. The molecule has 4 rings (SSSR count). The van der Waals surface area contributed by atoms with Crippen molar-refractivity contribution >= 4 is 22.7 Å². The highest BCUT2D eigenvalue weighted by Crippen LogP contribution is 2.28. The number of nitrogens with zero attached hydrogens (tertiary/aromatic N) is 5. The topological polar surface area (TPSA) is 88.8 Å². The van der Waals surface area contributed by atoms with Gasteiger partial charge in [-0.25, -0.2) is 18.9 Å². The van der Waals surface area contributed by atoms with E-state index in [9.17, 15) is 13.6 Å². The van der Waals surface area contributed by atoms with Crippen LogP contribution < -0.4 is 5.56 Å². The Morgan fingerprint density at radius 3 is 2.68 bits per heavy atom. The first-order valence-corrected chi connectivity index (χ1v) is 8.34. The summed E-state index contributed by atoms with van der Waals surface area (Å²) in [6, 6.07) is 8.07. The third-order valence-corrected chi connectivity index (χ3v) is 4.26. The fraction of sp³-hybridized carbons (Fsp3) is 0.105. The van der Waals surface area contributed by atoms with Gasteiger partial charge in [0, 0.05) is 24.7 Å². The third kappa shape index (κ3) is 3.41. The van der Waals surface area contributed by atoms with Crippen molar-refractivity contribution < 1.29 is 8.78 Å². The molecule has 0 saturated heterocycles. The molecule has 9 heteroatoms. The lowest BCUT2D eigenvalue weighted by Crippen LogP contribution is -2.13. The zero-order valence-corrected chi connectivity index (χ0v) is 14.7. The van der Waals surface area contributed by atoms with E-state index in [2.05, 4.69) is 25.3 Å². The van der Waals surface area contributed by atoms with Crippen molar-refractivity contribution in [1.82, 2.24) is 25.0 Å². The summed E-state index contributed by atoms with van der Waals surface area (Å²) in [5.74, 6) is -0.339. The van der Waals surface area contributed by atoms with E-state index < -0.39 is 11.4 Å². The average molecular weight is 380 g/mol. The predicted molar refractivity (Wildman–Crippen MR) is 99.8 cm³/mol. The molecular weight excluding hydrogens is 366 g/mol. The van der Waals surface area contributed by atoms with Crippen LogP contribution in [0.25, 0.3) is 10.8 Å². The molecule has 2 heterocycles. The number of aromatic nitrogens is 5. The lowest BCUT2D eigenvalue weighted by molar-refractivity contribution is 0.628. The van der Waals surface area contributed by atoms with E-state index in [1.165, 1.54) is 30.7 Å². The van der Waals surface area contributed by atoms with E-state index in [4.69, 9.17) is 0 Å².